The third kappa shape index (κ3) is 6.22. The number of carbonyl (C=O) groups is 2. The normalized spacial score (nSPS) is 22.6. The number of esters is 1. The van der Waals surface area contributed by atoms with Crippen LogP contribution < -0.4 is 0 Å². The van der Waals surface area contributed by atoms with Gasteiger partial charge in [0.1, 0.15) is 12.6 Å². The fraction of sp³-hybridized carbons (Fsp3) is 0.652. The Morgan fingerprint density at radius 3 is 2.62 bits per heavy atom. The van der Waals surface area contributed by atoms with Crippen molar-refractivity contribution >= 4 is 23.6 Å². The third-order valence-corrected chi connectivity index (χ3v) is 7.19. The molecule has 0 unspecified atom stereocenters. The van der Waals surface area contributed by atoms with Gasteiger partial charge in [-0.15, -0.1) is 11.8 Å². The third-order valence-electron chi connectivity index (χ3n) is 5.73. The Morgan fingerprint density at radius 1 is 1.14 bits per heavy atom. The van der Waals surface area contributed by atoms with Crippen LogP contribution in [0.5, 0.6) is 0 Å². The molecular weight excluding hydrogens is 386 g/mol. The molecule has 1 amide bonds. The van der Waals surface area contributed by atoms with Gasteiger partial charge in [-0.2, -0.15) is 0 Å². The van der Waals surface area contributed by atoms with Crippen LogP contribution in [0.3, 0.4) is 0 Å². The van der Waals surface area contributed by atoms with Crippen molar-refractivity contribution in [1.29, 1.82) is 0 Å². The van der Waals surface area contributed by atoms with Gasteiger partial charge in [0.25, 0.3) is 0 Å². The average Bonchev–Trinajstić information content (AvgIpc) is 3.20. The van der Waals surface area contributed by atoms with Crippen molar-refractivity contribution in [2.75, 3.05) is 19.0 Å². The van der Waals surface area contributed by atoms with Gasteiger partial charge in [0, 0.05) is 5.75 Å². The largest absolute Gasteiger partial charge is 0.464 e. The zero-order chi connectivity index (χ0) is 20.5. The van der Waals surface area contributed by atoms with Gasteiger partial charge in [0.15, 0.2) is 0 Å². The molecule has 0 radical (unpaired) electrons. The lowest BCUT2D eigenvalue weighted by molar-refractivity contribution is -0.156. The summed E-state index contributed by atoms with van der Waals surface area (Å²) in [5.74, 6) is 0.719. The van der Waals surface area contributed by atoms with E-state index in [1.807, 2.05) is 30.3 Å². The molecule has 2 aliphatic rings. The SMILES string of the molecule is CCCCOC(=O)[C@H]1CS[C@@H](C2CCCCC2)N1C(=O)COCc1ccccc1. The quantitative estimate of drug-likeness (QED) is 0.439. The summed E-state index contributed by atoms with van der Waals surface area (Å²) in [6.07, 6.45) is 7.78. The summed E-state index contributed by atoms with van der Waals surface area (Å²) in [6, 6.07) is 9.35. The van der Waals surface area contributed by atoms with Crippen LogP contribution in [0, 0.1) is 5.92 Å². The molecule has 2 fully saturated rings. The number of rotatable bonds is 9. The van der Waals surface area contributed by atoms with Gasteiger partial charge in [-0.3, -0.25) is 4.79 Å². The summed E-state index contributed by atoms with van der Waals surface area (Å²) in [5, 5.41) is 0.0619. The van der Waals surface area contributed by atoms with Gasteiger partial charge in [0.05, 0.1) is 18.6 Å². The smallest absolute Gasteiger partial charge is 0.329 e. The molecule has 1 saturated carbocycles. The van der Waals surface area contributed by atoms with Crippen LogP contribution in [-0.4, -0.2) is 47.2 Å². The standard InChI is InChI=1S/C23H33NO4S/c1-2-3-14-28-23(26)20-17-29-22(19-12-8-5-9-13-19)24(20)21(25)16-27-15-18-10-6-4-7-11-18/h4,6-7,10-11,19-20,22H,2-3,5,8-9,12-17H2,1H3/t20-,22+/m1/s1. The molecule has 1 aliphatic carbocycles. The first-order valence-corrected chi connectivity index (χ1v) is 12.0. The molecule has 0 N–H and O–H groups in total. The van der Waals surface area contributed by atoms with E-state index in [1.165, 1.54) is 19.3 Å². The van der Waals surface area contributed by atoms with Crippen molar-refractivity contribution in [3.8, 4) is 0 Å². The number of hydrogen-bond acceptors (Lipinski definition) is 5. The van der Waals surface area contributed by atoms with E-state index < -0.39 is 6.04 Å². The fourth-order valence-corrected chi connectivity index (χ4v) is 5.77. The maximum absolute atomic E-state index is 13.1. The first-order chi connectivity index (χ1) is 14.2. The Bertz CT molecular complexity index is 648. The molecule has 29 heavy (non-hydrogen) atoms. The number of carbonyl (C=O) groups excluding carboxylic acids is 2. The number of ether oxygens (including phenoxy) is 2. The molecule has 0 spiro atoms. The minimum atomic E-state index is -0.489. The highest BCUT2D eigenvalue weighted by atomic mass is 32.2. The van der Waals surface area contributed by atoms with Gasteiger partial charge in [0.2, 0.25) is 5.91 Å². The fourth-order valence-electron chi connectivity index (χ4n) is 4.13. The minimum absolute atomic E-state index is 0.00257. The van der Waals surface area contributed by atoms with Gasteiger partial charge in [-0.25, -0.2) is 4.79 Å². The van der Waals surface area contributed by atoms with Crippen LogP contribution in [0.15, 0.2) is 30.3 Å². The summed E-state index contributed by atoms with van der Waals surface area (Å²) in [5.41, 5.74) is 1.04. The van der Waals surface area contributed by atoms with Gasteiger partial charge >= 0.3 is 5.97 Å². The molecule has 160 valence electrons. The van der Waals surface area contributed by atoms with E-state index in [0.29, 0.717) is 24.9 Å². The average molecular weight is 420 g/mol. The molecule has 3 rings (SSSR count). The molecule has 5 nitrogen and oxygen atoms in total. The maximum atomic E-state index is 13.1. The molecule has 0 bridgehead atoms. The van der Waals surface area contributed by atoms with Crippen LogP contribution >= 0.6 is 11.8 Å². The molecule has 1 aliphatic heterocycles. The Labute approximate surface area is 178 Å². The number of amides is 1. The lowest BCUT2D eigenvalue weighted by atomic mass is 9.88. The molecule has 1 saturated heterocycles. The Balaban J connectivity index is 1.63. The predicted molar refractivity (Wildman–Crippen MR) is 115 cm³/mol. The Morgan fingerprint density at radius 2 is 1.90 bits per heavy atom. The molecular formula is C23H33NO4S. The van der Waals surface area contributed by atoms with Crippen LogP contribution in [0.25, 0.3) is 0 Å². The zero-order valence-electron chi connectivity index (χ0n) is 17.4. The van der Waals surface area contributed by atoms with Crippen LogP contribution in [0.1, 0.15) is 57.4 Å². The molecule has 6 heteroatoms. The number of unbranched alkanes of at least 4 members (excludes halogenated alkanes) is 1. The highest BCUT2D eigenvalue weighted by Gasteiger charge is 2.45. The lowest BCUT2D eigenvalue weighted by Gasteiger charge is -2.35. The Hall–Kier alpha value is -1.53. The highest BCUT2D eigenvalue weighted by molar-refractivity contribution is 8.00. The zero-order valence-corrected chi connectivity index (χ0v) is 18.2. The van der Waals surface area contributed by atoms with Crippen molar-refractivity contribution in [3.05, 3.63) is 35.9 Å². The maximum Gasteiger partial charge on any atom is 0.329 e. The van der Waals surface area contributed by atoms with Crippen molar-refractivity contribution in [3.63, 3.8) is 0 Å². The second-order valence-electron chi connectivity index (χ2n) is 7.94. The van der Waals surface area contributed by atoms with Gasteiger partial charge < -0.3 is 14.4 Å². The van der Waals surface area contributed by atoms with Crippen LogP contribution in [-0.2, 0) is 25.7 Å². The number of thioether (sulfide) groups is 1. The summed E-state index contributed by atoms with van der Waals surface area (Å²) in [4.78, 5) is 27.6. The highest BCUT2D eigenvalue weighted by Crippen LogP contribution is 2.40. The van der Waals surface area contributed by atoms with Gasteiger partial charge in [-0.05, 0) is 30.7 Å². The van der Waals surface area contributed by atoms with E-state index in [4.69, 9.17) is 9.47 Å². The molecule has 1 aromatic carbocycles. The van der Waals surface area contributed by atoms with Crippen LogP contribution in [0.2, 0.25) is 0 Å². The van der Waals surface area contributed by atoms with Crippen LogP contribution in [0.4, 0.5) is 0 Å². The topological polar surface area (TPSA) is 55.8 Å². The second kappa shape index (κ2) is 11.6. The monoisotopic (exact) mass is 419 g/mol. The summed E-state index contributed by atoms with van der Waals surface area (Å²) in [7, 11) is 0. The van der Waals surface area contributed by atoms with Crippen molar-refractivity contribution in [1.82, 2.24) is 4.90 Å². The van der Waals surface area contributed by atoms with Crippen molar-refractivity contribution < 1.29 is 19.1 Å². The van der Waals surface area contributed by atoms with Gasteiger partial charge in [-0.1, -0.05) is 62.9 Å². The molecule has 2 atom stereocenters. The lowest BCUT2D eigenvalue weighted by Crippen LogP contribution is -2.50. The number of hydrogen-bond donors (Lipinski definition) is 0. The molecule has 1 heterocycles. The van der Waals surface area contributed by atoms with E-state index >= 15 is 0 Å². The minimum Gasteiger partial charge on any atom is -0.464 e. The number of nitrogens with zero attached hydrogens (tertiary/aromatic N) is 1. The first-order valence-electron chi connectivity index (χ1n) is 10.9. The second-order valence-corrected chi connectivity index (χ2v) is 9.09. The van der Waals surface area contributed by atoms with E-state index in [0.717, 1.165) is 31.2 Å². The van der Waals surface area contributed by atoms with E-state index in [-0.39, 0.29) is 23.9 Å². The molecule has 0 aromatic heterocycles. The summed E-state index contributed by atoms with van der Waals surface area (Å²) in [6.45, 7) is 2.89. The summed E-state index contributed by atoms with van der Waals surface area (Å²) < 4.78 is 11.2. The van der Waals surface area contributed by atoms with E-state index in [2.05, 4.69) is 6.92 Å². The molecule has 1 aromatic rings. The first kappa shape index (κ1) is 22.2. The summed E-state index contributed by atoms with van der Waals surface area (Å²) >= 11 is 1.74. The predicted octanol–water partition coefficient (Wildman–Crippen LogP) is 4.40. The van der Waals surface area contributed by atoms with Crippen molar-refractivity contribution in [2.45, 2.75) is 69.9 Å². The Kier molecular flexibility index (Phi) is 8.87. The van der Waals surface area contributed by atoms with E-state index in [9.17, 15) is 9.59 Å². The van der Waals surface area contributed by atoms with Crippen molar-refractivity contribution in [2.24, 2.45) is 5.92 Å². The number of benzene rings is 1. The van der Waals surface area contributed by atoms with E-state index in [1.54, 1.807) is 16.7 Å².